The minimum atomic E-state index is 0.260. The summed E-state index contributed by atoms with van der Waals surface area (Å²) in [6, 6.07) is 11.8. The highest BCUT2D eigenvalue weighted by atomic mass is 16.3. The molecule has 25 heavy (non-hydrogen) atoms. The van der Waals surface area contributed by atoms with E-state index in [2.05, 4.69) is 39.8 Å². The van der Waals surface area contributed by atoms with Crippen LogP contribution in [0.4, 0.5) is 0 Å². The molecule has 2 N–H and O–H groups in total. The minimum Gasteiger partial charge on any atom is -0.508 e. The van der Waals surface area contributed by atoms with Crippen LogP contribution in [0.3, 0.4) is 0 Å². The molecule has 2 nitrogen and oxygen atoms in total. The van der Waals surface area contributed by atoms with E-state index in [1.165, 1.54) is 11.1 Å². The van der Waals surface area contributed by atoms with Crippen molar-refractivity contribution in [3.63, 3.8) is 0 Å². The van der Waals surface area contributed by atoms with Crippen molar-refractivity contribution in [3.05, 3.63) is 58.7 Å². The zero-order valence-electron chi connectivity index (χ0n) is 16.4. The summed E-state index contributed by atoms with van der Waals surface area (Å²) >= 11 is 0. The summed E-state index contributed by atoms with van der Waals surface area (Å²) in [5, 5.41) is 19.8. The van der Waals surface area contributed by atoms with Crippen molar-refractivity contribution in [2.45, 2.75) is 60.3 Å². The third kappa shape index (κ3) is 5.26. The zero-order chi connectivity index (χ0) is 18.8. The Balaban J connectivity index is 2.39. The Kier molecular flexibility index (Phi) is 5.82. The molecule has 2 heteroatoms. The minimum absolute atomic E-state index is 0.260. The first kappa shape index (κ1) is 19.4. The normalized spacial score (nSPS) is 13.2. The molecular weight excluding hydrogens is 308 g/mol. The van der Waals surface area contributed by atoms with Gasteiger partial charge in [-0.25, -0.2) is 0 Å². The standard InChI is InChI=1S/C23H32O2/c1-15(14-23(4,5)6)11-20(18-7-9-21(24)16(2)12-18)19-8-10-22(25)17(3)13-19/h7-10,12-13,15,20,24-25H,11,14H2,1-6H3. The lowest BCUT2D eigenvalue weighted by Crippen LogP contribution is -2.14. The van der Waals surface area contributed by atoms with Gasteiger partial charge >= 0.3 is 0 Å². The van der Waals surface area contributed by atoms with Crippen LogP contribution >= 0.6 is 0 Å². The van der Waals surface area contributed by atoms with Crippen LogP contribution in [0, 0.1) is 25.2 Å². The average Bonchev–Trinajstić information content (AvgIpc) is 2.49. The number of hydrogen-bond donors (Lipinski definition) is 2. The van der Waals surface area contributed by atoms with Crippen LogP contribution in [0.5, 0.6) is 11.5 Å². The molecule has 136 valence electrons. The fourth-order valence-electron chi connectivity index (χ4n) is 3.79. The molecule has 0 bridgehead atoms. The van der Waals surface area contributed by atoms with Crippen molar-refractivity contribution in [1.82, 2.24) is 0 Å². The van der Waals surface area contributed by atoms with E-state index in [9.17, 15) is 10.2 Å². The summed E-state index contributed by atoms with van der Waals surface area (Å²) in [4.78, 5) is 0. The highest BCUT2D eigenvalue weighted by Crippen LogP contribution is 2.37. The van der Waals surface area contributed by atoms with Gasteiger partial charge in [0.05, 0.1) is 0 Å². The summed E-state index contributed by atoms with van der Waals surface area (Å²) < 4.78 is 0. The Morgan fingerprint density at radius 3 is 1.64 bits per heavy atom. The van der Waals surface area contributed by atoms with Crippen LogP contribution in [0.1, 0.15) is 68.7 Å². The first-order chi connectivity index (χ1) is 11.6. The highest BCUT2D eigenvalue weighted by Gasteiger charge is 2.22. The van der Waals surface area contributed by atoms with Crippen LogP contribution in [0.2, 0.25) is 0 Å². The Hall–Kier alpha value is -1.96. The molecule has 0 aliphatic carbocycles. The van der Waals surface area contributed by atoms with E-state index in [1.807, 2.05) is 26.0 Å². The predicted octanol–water partition coefficient (Wildman–Crippen LogP) is 6.31. The van der Waals surface area contributed by atoms with Crippen molar-refractivity contribution in [3.8, 4) is 11.5 Å². The van der Waals surface area contributed by atoms with Crippen LogP contribution in [0.25, 0.3) is 0 Å². The zero-order valence-corrected chi connectivity index (χ0v) is 16.4. The van der Waals surface area contributed by atoms with E-state index in [-0.39, 0.29) is 5.92 Å². The van der Waals surface area contributed by atoms with E-state index in [0.29, 0.717) is 22.8 Å². The van der Waals surface area contributed by atoms with Gasteiger partial charge in [-0.1, -0.05) is 52.0 Å². The second-order valence-corrected chi connectivity index (χ2v) is 8.75. The maximum absolute atomic E-state index is 9.88. The van der Waals surface area contributed by atoms with Crippen molar-refractivity contribution in [2.24, 2.45) is 11.3 Å². The van der Waals surface area contributed by atoms with Gasteiger partial charge in [0.25, 0.3) is 0 Å². The smallest absolute Gasteiger partial charge is 0.118 e. The Morgan fingerprint density at radius 2 is 1.28 bits per heavy atom. The fraction of sp³-hybridized carbons (Fsp3) is 0.478. The third-order valence-corrected chi connectivity index (χ3v) is 4.85. The SMILES string of the molecule is Cc1cc(C(CC(C)CC(C)(C)C)c2ccc(O)c(C)c2)ccc1O. The average molecular weight is 341 g/mol. The lowest BCUT2D eigenvalue weighted by molar-refractivity contribution is 0.291. The number of benzene rings is 2. The molecule has 0 aliphatic rings. The van der Waals surface area contributed by atoms with Crippen molar-refractivity contribution < 1.29 is 10.2 Å². The largest absolute Gasteiger partial charge is 0.508 e. The van der Waals surface area contributed by atoms with E-state index in [4.69, 9.17) is 0 Å². The molecule has 0 aromatic heterocycles. The molecule has 2 aromatic carbocycles. The predicted molar refractivity (Wildman–Crippen MR) is 105 cm³/mol. The number of aromatic hydroxyl groups is 2. The van der Waals surface area contributed by atoms with Gasteiger partial charge in [-0.2, -0.15) is 0 Å². The monoisotopic (exact) mass is 340 g/mol. The van der Waals surface area contributed by atoms with Gasteiger partial charge in [-0.05, 0) is 72.4 Å². The molecule has 0 saturated heterocycles. The molecule has 2 rings (SSSR count). The summed E-state index contributed by atoms with van der Waals surface area (Å²) in [6.45, 7) is 13.1. The van der Waals surface area contributed by atoms with Crippen LogP contribution in [-0.2, 0) is 0 Å². The number of phenols is 2. The Morgan fingerprint density at radius 1 is 0.840 bits per heavy atom. The van der Waals surface area contributed by atoms with Gasteiger partial charge in [0, 0.05) is 5.92 Å². The van der Waals surface area contributed by atoms with Crippen molar-refractivity contribution in [1.29, 1.82) is 0 Å². The van der Waals surface area contributed by atoms with Gasteiger partial charge in [0.1, 0.15) is 11.5 Å². The molecule has 0 spiro atoms. The van der Waals surface area contributed by atoms with Gasteiger partial charge in [0.2, 0.25) is 0 Å². The second kappa shape index (κ2) is 7.51. The maximum Gasteiger partial charge on any atom is 0.118 e. The topological polar surface area (TPSA) is 40.5 Å². The lowest BCUT2D eigenvalue weighted by Gasteiger charge is -2.28. The van der Waals surface area contributed by atoms with Crippen LogP contribution < -0.4 is 0 Å². The second-order valence-electron chi connectivity index (χ2n) is 8.75. The van der Waals surface area contributed by atoms with Crippen molar-refractivity contribution >= 4 is 0 Å². The van der Waals surface area contributed by atoms with Crippen LogP contribution in [0.15, 0.2) is 36.4 Å². The molecule has 0 heterocycles. The summed E-state index contributed by atoms with van der Waals surface area (Å²) in [7, 11) is 0. The lowest BCUT2D eigenvalue weighted by atomic mass is 9.77. The molecule has 2 aromatic rings. The quantitative estimate of drug-likeness (QED) is 0.669. The molecule has 0 amide bonds. The molecule has 1 unspecified atom stereocenters. The molecule has 0 fully saturated rings. The molecule has 0 radical (unpaired) electrons. The van der Waals surface area contributed by atoms with Crippen molar-refractivity contribution in [2.75, 3.05) is 0 Å². The molecule has 1 atom stereocenters. The number of phenolic OH excluding ortho intramolecular Hbond substituents is 2. The van der Waals surface area contributed by atoms with Gasteiger partial charge < -0.3 is 10.2 Å². The van der Waals surface area contributed by atoms with Gasteiger partial charge in [0.15, 0.2) is 0 Å². The molecular formula is C23H32O2. The van der Waals surface area contributed by atoms with E-state index in [1.54, 1.807) is 12.1 Å². The Labute approximate surface area is 152 Å². The number of rotatable bonds is 5. The summed E-state index contributed by atoms with van der Waals surface area (Å²) in [5.41, 5.74) is 4.56. The maximum atomic E-state index is 9.88. The van der Waals surface area contributed by atoms with Gasteiger partial charge in [-0.3, -0.25) is 0 Å². The highest BCUT2D eigenvalue weighted by molar-refractivity contribution is 5.43. The Bertz CT molecular complexity index is 674. The molecule has 0 aliphatic heterocycles. The van der Waals surface area contributed by atoms with E-state index < -0.39 is 0 Å². The van der Waals surface area contributed by atoms with Crippen LogP contribution in [-0.4, -0.2) is 10.2 Å². The van der Waals surface area contributed by atoms with Gasteiger partial charge in [-0.15, -0.1) is 0 Å². The summed E-state index contributed by atoms with van der Waals surface area (Å²) in [5.74, 6) is 1.52. The van der Waals surface area contributed by atoms with E-state index in [0.717, 1.165) is 24.0 Å². The third-order valence-electron chi connectivity index (χ3n) is 4.85. The fourth-order valence-corrected chi connectivity index (χ4v) is 3.79. The number of hydrogen-bond acceptors (Lipinski definition) is 2. The molecule has 0 saturated carbocycles. The number of aryl methyl sites for hydroxylation is 2. The summed E-state index contributed by atoms with van der Waals surface area (Å²) in [6.07, 6.45) is 2.21. The first-order valence-electron chi connectivity index (χ1n) is 9.16. The van der Waals surface area contributed by atoms with E-state index >= 15 is 0 Å². The first-order valence-corrected chi connectivity index (χ1v) is 9.16.